The number of benzene rings is 1. The number of carbonyl (C=O) groups is 4. The minimum Gasteiger partial charge on any atom is -0.483 e. The smallest absolute Gasteiger partial charge is 0.351 e. The average Bonchev–Trinajstić information content (AvgIpc) is 3.43. The third-order valence-electron chi connectivity index (χ3n) is 13.0. The summed E-state index contributed by atoms with van der Waals surface area (Å²) >= 11 is 5.49. The minimum absolute atomic E-state index is 0.240. The van der Waals surface area contributed by atoms with Crippen LogP contribution in [0.5, 0.6) is 5.75 Å². The fourth-order valence-corrected chi connectivity index (χ4v) is 8.80. The van der Waals surface area contributed by atoms with E-state index in [1.807, 2.05) is 60.6 Å². The number of fused-ring (bicyclic) bond motifs is 7. The van der Waals surface area contributed by atoms with Gasteiger partial charge in [-0.05, 0) is 90.7 Å². The molecule has 1 aromatic carbocycles. The van der Waals surface area contributed by atoms with Crippen LogP contribution >= 0.6 is 12.2 Å². The summed E-state index contributed by atoms with van der Waals surface area (Å²) in [4.78, 5) is 54.9. The summed E-state index contributed by atoms with van der Waals surface area (Å²) in [5.41, 5.74) is -6.40. The summed E-state index contributed by atoms with van der Waals surface area (Å²) in [5, 5.41) is 0.675. The molecule has 4 heterocycles. The van der Waals surface area contributed by atoms with E-state index >= 15 is 0 Å². The predicted octanol–water partition coefficient (Wildman–Crippen LogP) is 6.38. The lowest BCUT2D eigenvalue weighted by Crippen LogP contribution is -2.57. The molecule has 4 bridgehead atoms. The van der Waals surface area contributed by atoms with Crippen LogP contribution in [0.1, 0.15) is 98.3 Å². The Morgan fingerprint density at radius 3 is 1.78 bits per heavy atom. The standard InChI is InChI=1S/C35H40O10S/c1-17-16-18-10-11-19-20(21(18)40-24(17)46)22(41-27(38)34-14-12-32(8,25(36)44-34)30(34,4)5)23(29(2,3)43-19)42-28(39)35-15-13-33(9,26(37)45-35)31(35,6)7/h10-11,16,22-23H,12-15H2,1-9H3/t22-,23-,32?,33?,34?,35?/m1/s1. The van der Waals surface area contributed by atoms with Gasteiger partial charge in [0.15, 0.2) is 16.9 Å². The van der Waals surface area contributed by atoms with Crippen molar-refractivity contribution in [1.82, 2.24) is 0 Å². The highest BCUT2D eigenvalue weighted by Crippen LogP contribution is 2.67. The van der Waals surface area contributed by atoms with Gasteiger partial charge in [-0.2, -0.15) is 0 Å². The van der Waals surface area contributed by atoms with Gasteiger partial charge in [0.25, 0.3) is 0 Å². The third-order valence-corrected chi connectivity index (χ3v) is 13.4. The van der Waals surface area contributed by atoms with Gasteiger partial charge in [0.1, 0.15) is 16.9 Å². The van der Waals surface area contributed by atoms with Crippen molar-refractivity contribution in [3.8, 4) is 5.75 Å². The van der Waals surface area contributed by atoms with Crippen LogP contribution in [-0.2, 0) is 38.1 Å². The Morgan fingerprint density at radius 1 is 0.783 bits per heavy atom. The molecular weight excluding hydrogens is 612 g/mol. The lowest BCUT2D eigenvalue weighted by molar-refractivity contribution is -0.217. The largest absolute Gasteiger partial charge is 0.483 e. The molecule has 0 spiro atoms. The van der Waals surface area contributed by atoms with Crippen molar-refractivity contribution in [1.29, 1.82) is 0 Å². The van der Waals surface area contributed by atoms with E-state index in [9.17, 15) is 19.2 Å². The first-order valence-electron chi connectivity index (χ1n) is 15.8. The third kappa shape index (κ3) is 3.40. The molecule has 7 rings (SSSR count). The molecular formula is C35H40O10S. The molecule has 246 valence electrons. The summed E-state index contributed by atoms with van der Waals surface area (Å²) in [6.45, 7) is 16.3. The van der Waals surface area contributed by atoms with Gasteiger partial charge in [-0.1, -0.05) is 27.7 Å². The van der Waals surface area contributed by atoms with Crippen molar-refractivity contribution in [2.45, 2.75) is 117 Å². The van der Waals surface area contributed by atoms with E-state index in [2.05, 4.69) is 0 Å². The van der Waals surface area contributed by atoms with Gasteiger partial charge in [-0.25, -0.2) is 9.59 Å². The number of rotatable bonds is 4. The van der Waals surface area contributed by atoms with Crippen molar-refractivity contribution in [2.75, 3.05) is 0 Å². The van der Waals surface area contributed by atoms with Crippen molar-refractivity contribution in [3.63, 3.8) is 0 Å². The number of hydrogen-bond donors (Lipinski definition) is 0. The molecule has 10 nitrogen and oxygen atoms in total. The second kappa shape index (κ2) is 8.90. The molecule has 0 radical (unpaired) electrons. The van der Waals surface area contributed by atoms with Gasteiger partial charge in [-0.3, -0.25) is 9.59 Å². The normalized spacial score (nSPS) is 37.3. The Balaban J connectivity index is 1.37. The van der Waals surface area contributed by atoms with E-state index in [0.717, 1.165) is 5.56 Å². The second-order valence-corrected chi connectivity index (χ2v) is 16.2. The van der Waals surface area contributed by atoms with Crippen LogP contribution in [0.3, 0.4) is 0 Å². The molecule has 4 fully saturated rings. The zero-order valence-electron chi connectivity index (χ0n) is 27.7. The van der Waals surface area contributed by atoms with Crippen LogP contribution in [0.25, 0.3) is 11.0 Å². The summed E-state index contributed by atoms with van der Waals surface area (Å²) in [7, 11) is 0. The van der Waals surface area contributed by atoms with Gasteiger partial charge < -0.3 is 28.1 Å². The first-order valence-corrected chi connectivity index (χ1v) is 16.3. The Morgan fingerprint density at radius 2 is 1.30 bits per heavy atom. The lowest BCUT2D eigenvalue weighted by atomic mass is 9.66. The molecule has 4 unspecified atom stereocenters. The molecule has 2 aromatic rings. The van der Waals surface area contributed by atoms with Crippen LogP contribution < -0.4 is 4.74 Å². The number of hydrogen-bond acceptors (Lipinski definition) is 11. The second-order valence-electron chi connectivity index (χ2n) is 15.8. The number of esters is 4. The van der Waals surface area contributed by atoms with Crippen molar-refractivity contribution in [3.05, 3.63) is 34.0 Å². The van der Waals surface area contributed by atoms with E-state index in [1.165, 1.54) is 0 Å². The van der Waals surface area contributed by atoms with E-state index in [-0.39, 0.29) is 11.1 Å². The zero-order chi connectivity index (χ0) is 33.6. The maximum atomic E-state index is 14.5. The monoisotopic (exact) mass is 652 g/mol. The van der Waals surface area contributed by atoms with Crippen LogP contribution in [0, 0.1) is 33.3 Å². The highest BCUT2D eigenvalue weighted by molar-refractivity contribution is 7.71. The quantitative estimate of drug-likeness (QED) is 0.207. The Hall–Kier alpha value is -3.47. The fraction of sp³-hybridized carbons (Fsp3) is 0.629. The molecule has 2 aliphatic carbocycles. The fourth-order valence-electron chi connectivity index (χ4n) is 8.66. The molecule has 5 aliphatic rings. The molecule has 11 heteroatoms. The molecule has 1 aromatic heterocycles. The Labute approximate surface area is 272 Å². The van der Waals surface area contributed by atoms with Gasteiger partial charge in [0.05, 0.1) is 16.4 Å². The van der Waals surface area contributed by atoms with Crippen LogP contribution in [0.15, 0.2) is 22.6 Å². The van der Waals surface area contributed by atoms with E-state index in [4.69, 9.17) is 40.3 Å². The molecule has 3 aliphatic heterocycles. The lowest BCUT2D eigenvalue weighted by Gasteiger charge is -2.45. The summed E-state index contributed by atoms with van der Waals surface area (Å²) in [6.07, 6.45) is -0.994. The van der Waals surface area contributed by atoms with Crippen molar-refractivity contribution < 1.29 is 47.3 Å². The summed E-state index contributed by atoms with van der Waals surface area (Å²) < 4.78 is 37.3. The Bertz CT molecular complexity index is 1840. The highest BCUT2D eigenvalue weighted by atomic mass is 32.1. The Kier molecular flexibility index (Phi) is 6.03. The molecule has 2 saturated heterocycles. The van der Waals surface area contributed by atoms with Crippen molar-refractivity contribution in [2.24, 2.45) is 21.7 Å². The van der Waals surface area contributed by atoms with E-state index in [0.29, 0.717) is 41.5 Å². The van der Waals surface area contributed by atoms with Gasteiger partial charge in [-0.15, -0.1) is 0 Å². The van der Waals surface area contributed by atoms with Gasteiger partial charge in [0, 0.05) is 21.8 Å². The van der Waals surface area contributed by atoms with E-state index < -0.39 is 74.5 Å². The van der Waals surface area contributed by atoms with Gasteiger partial charge >= 0.3 is 23.9 Å². The molecule has 0 amide bonds. The predicted molar refractivity (Wildman–Crippen MR) is 165 cm³/mol. The van der Waals surface area contributed by atoms with Crippen molar-refractivity contribution >= 4 is 47.1 Å². The van der Waals surface area contributed by atoms with Crippen LogP contribution in [0.4, 0.5) is 0 Å². The maximum Gasteiger partial charge on any atom is 0.351 e. The summed E-state index contributed by atoms with van der Waals surface area (Å²) in [6, 6.07) is 5.44. The topological polar surface area (TPSA) is 128 Å². The zero-order valence-corrected chi connectivity index (χ0v) is 28.5. The average molecular weight is 653 g/mol. The SMILES string of the molecule is Cc1cc2ccc3c(c2oc1=S)[C@@H](OC(=O)C12CCC(C)(C(=O)O1)C2(C)C)[C@@H](OC(=O)C12CCC(C)(C(=O)O1)C2(C)C)C(C)(C)O3. The molecule has 6 atom stereocenters. The summed E-state index contributed by atoms with van der Waals surface area (Å²) in [5.74, 6) is -2.02. The number of carbonyl (C=O) groups excluding carboxylic acids is 4. The first kappa shape index (κ1) is 31.1. The molecule has 2 saturated carbocycles. The van der Waals surface area contributed by atoms with Gasteiger partial charge in [0.2, 0.25) is 11.2 Å². The minimum atomic E-state index is -1.55. The highest BCUT2D eigenvalue weighted by Gasteiger charge is 2.78. The number of ether oxygens (including phenoxy) is 5. The maximum absolute atomic E-state index is 14.5. The first-order chi connectivity index (χ1) is 21.2. The molecule has 0 N–H and O–H groups in total. The number of aryl methyl sites for hydroxylation is 1. The van der Waals surface area contributed by atoms with E-state index in [1.54, 1.807) is 19.9 Å². The molecule has 46 heavy (non-hydrogen) atoms. The van der Waals surface area contributed by atoms with Crippen LogP contribution in [0.2, 0.25) is 0 Å². The van der Waals surface area contributed by atoms with Crippen LogP contribution in [-0.4, -0.2) is 46.8 Å².